The molecule has 3 aromatic carbocycles. The van der Waals surface area contributed by atoms with Crippen LogP contribution in [0.1, 0.15) is 33.2 Å². The molecule has 158 valence electrons. The van der Waals surface area contributed by atoms with Crippen LogP contribution in [0.25, 0.3) is 0 Å². The van der Waals surface area contributed by atoms with Crippen LogP contribution >= 0.6 is 0 Å². The lowest BCUT2D eigenvalue weighted by Gasteiger charge is -2.38. The van der Waals surface area contributed by atoms with E-state index >= 15 is 0 Å². The standard InChI is InChI=1S/C25H24N2O4/c1-16-7-9-17(10-8-16)15-27-24(26-20-6-4-3-5-19(20)25(27)28)18-13-21(29-2)23-22(14-18)30-11-12-31-23/h3-10,13-14,24,26H,11-12,15H2,1-2H3. The minimum Gasteiger partial charge on any atom is -0.493 e. The molecule has 2 heterocycles. The lowest BCUT2D eigenvalue weighted by atomic mass is 10.0. The number of para-hydroxylation sites is 1. The van der Waals surface area contributed by atoms with Gasteiger partial charge in [0.05, 0.1) is 12.7 Å². The minimum atomic E-state index is -0.381. The molecule has 0 saturated heterocycles. The van der Waals surface area contributed by atoms with Crippen molar-refractivity contribution in [2.75, 3.05) is 25.6 Å². The van der Waals surface area contributed by atoms with E-state index in [1.54, 1.807) is 7.11 Å². The average Bonchev–Trinajstić information content (AvgIpc) is 2.81. The van der Waals surface area contributed by atoms with Crippen LogP contribution in [0.3, 0.4) is 0 Å². The Labute approximate surface area is 181 Å². The number of rotatable bonds is 4. The minimum absolute atomic E-state index is 0.0196. The highest BCUT2D eigenvalue weighted by molar-refractivity contribution is 6.01. The lowest BCUT2D eigenvalue weighted by Crippen LogP contribution is -2.42. The van der Waals surface area contributed by atoms with Crippen molar-refractivity contribution in [3.63, 3.8) is 0 Å². The highest BCUT2D eigenvalue weighted by Gasteiger charge is 2.34. The molecule has 0 spiro atoms. The van der Waals surface area contributed by atoms with Crippen molar-refractivity contribution in [3.05, 3.63) is 82.9 Å². The molecule has 3 aromatic rings. The zero-order valence-corrected chi connectivity index (χ0v) is 17.6. The molecule has 1 amide bonds. The third kappa shape index (κ3) is 3.54. The number of amides is 1. The van der Waals surface area contributed by atoms with Gasteiger partial charge < -0.3 is 24.4 Å². The maximum atomic E-state index is 13.5. The number of ether oxygens (including phenoxy) is 3. The predicted molar refractivity (Wildman–Crippen MR) is 118 cm³/mol. The Balaban J connectivity index is 1.59. The van der Waals surface area contributed by atoms with Crippen molar-refractivity contribution < 1.29 is 19.0 Å². The fourth-order valence-corrected chi connectivity index (χ4v) is 4.06. The van der Waals surface area contributed by atoms with Crippen molar-refractivity contribution in [1.82, 2.24) is 4.90 Å². The van der Waals surface area contributed by atoms with Gasteiger partial charge in [-0.25, -0.2) is 0 Å². The summed E-state index contributed by atoms with van der Waals surface area (Å²) in [4.78, 5) is 15.4. The van der Waals surface area contributed by atoms with Crippen LogP contribution in [0.4, 0.5) is 5.69 Å². The van der Waals surface area contributed by atoms with Crippen LogP contribution in [-0.2, 0) is 6.54 Å². The number of carbonyl (C=O) groups is 1. The SMILES string of the molecule is COc1cc(C2Nc3ccccc3C(=O)N2Cc2ccc(C)cc2)cc2c1OCCO2. The van der Waals surface area contributed by atoms with E-state index in [1.807, 2.05) is 41.3 Å². The lowest BCUT2D eigenvalue weighted by molar-refractivity contribution is 0.0665. The summed E-state index contributed by atoms with van der Waals surface area (Å²) in [6.07, 6.45) is -0.381. The summed E-state index contributed by atoms with van der Waals surface area (Å²) in [5.41, 5.74) is 4.60. The molecule has 5 rings (SSSR count). The predicted octanol–water partition coefficient (Wildman–Crippen LogP) is 4.54. The molecular weight excluding hydrogens is 392 g/mol. The van der Waals surface area contributed by atoms with E-state index in [0.717, 1.165) is 16.8 Å². The van der Waals surface area contributed by atoms with E-state index in [-0.39, 0.29) is 12.1 Å². The molecule has 6 heteroatoms. The first kappa shape index (κ1) is 19.3. The van der Waals surface area contributed by atoms with E-state index in [1.165, 1.54) is 5.56 Å². The number of methoxy groups -OCH3 is 1. The Hall–Kier alpha value is -3.67. The summed E-state index contributed by atoms with van der Waals surface area (Å²) in [5.74, 6) is 1.80. The van der Waals surface area contributed by atoms with E-state index < -0.39 is 0 Å². The van der Waals surface area contributed by atoms with Crippen LogP contribution in [-0.4, -0.2) is 31.1 Å². The summed E-state index contributed by atoms with van der Waals surface area (Å²) < 4.78 is 17.1. The first-order chi connectivity index (χ1) is 15.1. The van der Waals surface area contributed by atoms with Gasteiger partial charge in [0.1, 0.15) is 19.4 Å². The third-order valence-corrected chi connectivity index (χ3v) is 5.66. The number of nitrogens with zero attached hydrogens (tertiary/aromatic N) is 1. The second-order valence-electron chi connectivity index (χ2n) is 7.76. The Bertz CT molecular complexity index is 1110. The monoisotopic (exact) mass is 416 g/mol. The number of carbonyl (C=O) groups excluding carboxylic acids is 1. The maximum absolute atomic E-state index is 13.5. The zero-order chi connectivity index (χ0) is 21.4. The number of nitrogens with one attached hydrogen (secondary N) is 1. The van der Waals surface area contributed by atoms with Gasteiger partial charge in [-0.2, -0.15) is 0 Å². The number of benzene rings is 3. The van der Waals surface area contributed by atoms with Gasteiger partial charge in [0.25, 0.3) is 5.91 Å². The number of hydrogen-bond donors (Lipinski definition) is 1. The molecule has 0 fully saturated rings. The normalized spacial score (nSPS) is 17.0. The van der Waals surface area contributed by atoms with Gasteiger partial charge in [0, 0.05) is 17.8 Å². The van der Waals surface area contributed by atoms with E-state index in [0.29, 0.717) is 42.6 Å². The van der Waals surface area contributed by atoms with Gasteiger partial charge in [-0.3, -0.25) is 4.79 Å². The second kappa shape index (κ2) is 7.87. The van der Waals surface area contributed by atoms with Crippen molar-refractivity contribution in [1.29, 1.82) is 0 Å². The van der Waals surface area contributed by atoms with Crippen molar-refractivity contribution in [2.45, 2.75) is 19.6 Å². The Kier molecular flexibility index (Phi) is 4.90. The average molecular weight is 416 g/mol. The molecule has 0 saturated carbocycles. The van der Waals surface area contributed by atoms with Gasteiger partial charge in [-0.15, -0.1) is 0 Å². The van der Waals surface area contributed by atoms with E-state index in [2.05, 4.69) is 36.5 Å². The number of fused-ring (bicyclic) bond motifs is 2. The van der Waals surface area contributed by atoms with E-state index in [4.69, 9.17) is 14.2 Å². The molecule has 1 N–H and O–H groups in total. The summed E-state index contributed by atoms with van der Waals surface area (Å²) in [6.45, 7) is 3.49. The molecule has 2 aliphatic rings. The molecule has 0 bridgehead atoms. The Morgan fingerprint density at radius 3 is 2.65 bits per heavy atom. The topological polar surface area (TPSA) is 60.0 Å². The fourth-order valence-electron chi connectivity index (χ4n) is 4.06. The van der Waals surface area contributed by atoms with Crippen LogP contribution in [0.15, 0.2) is 60.7 Å². The quantitative estimate of drug-likeness (QED) is 0.677. The number of aryl methyl sites for hydroxylation is 1. The van der Waals surface area contributed by atoms with Crippen LogP contribution in [0.5, 0.6) is 17.2 Å². The first-order valence-corrected chi connectivity index (χ1v) is 10.3. The van der Waals surface area contributed by atoms with Gasteiger partial charge in [-0.05, 0) is 36.8 Å². The molecule has 31 heavy (non-hydrogen) atoms. The fraction of sp³-hybridized carbons (Fsp3) is 0.240. The van der Waals surface area contributed by atoms with Crippen LogP contribution < -0.4 is 19.5 Å². The molecular formula is C25H24N2O4. The summed E-state index contributed by atoms with van der Waals surface area (Å²) in [5, 5.41) is 3.54. The Morgan fingerprint density at radius 1 is 1.06 bits per heavy atom. The second-order valence-corrected chi connectivity index (χ2v) is 7.76. The largest absolute Gasteiger partial charge is 0.493 e. The molecule has 2 aliphatic heterocycles. The van der Waals surface area contributed by atoms with Crippen LogP contribution in [0.2, 0.25) is 0 Å². The first-order valence-electron chi connectivity index (χ1n) is 10.3. The van der Waals surface area contributed by atoms with Gasteiger partial charge in [0.15, 0.2) is 11.5 Å². The molecule has 1 unspecified atom stereocenters. The number of hydrogen-bond acceptors (Lipinski definition) is 5. The summed E-state index contributed by atoms with van der Waals surface area (Å²) in [7, 11) is 1.61. The summed E-state index contributed by atoms with van der Waals surface area (Å²) >= 11 is 0. The van der Waals surface area contributed by atoms with Crippen molar-refractivity contribution in [2.24, 2.45) is 0 Å². The van der Waals surface area contributed by atoms with Gasteiger partial charge in [-0.1, -0.05) is 42.0 Å². The molecule has 6 nitrogen and oxygen atoms in total. The zero-order valence-electron chi connectivity index (χ0n) is 17.6. The molecule has 0 radical (unpaired) electrons. The highest BCUT2D eigenvalue weighted by Crippen LogP contribution is 2.44. The Morgan fingerprint density at radius 2 is 1.84 bits per heavy atom. The van der Waals surface area contributed by atoms with E-state index in [9.17, 15) is 4.79 Å². The van der Waals surface area contributed by atoms with Crippen LogP contribution in [0, 0.1) is 6.92 Å². The third-order valence-electron chi connectivity index (χ3n) is 5.66. The van der Waals surface area contributed by atoms with Gasteiger partial charge >= 0.3 is 0 Å². The van der Waals surface area contributed by atoms with Crippen molar-refractivity contribution >= 4 is 11.6 Å². The van der Waals surface area contributed by atoms with Crippen molar-refractivity contribution in [3.8, 4) is 17.2 Å². The maximum Gasteiger partial charge on any atom is 0.258 e. The molecule has 1 atom stereocenters. The summed E-state index contributed by atoms with van der Waals surface area (Å²) in [6, 6.07) is 19.7. The number of anilines is 1. The smallest absolute Gasteiger partial charge is 0.258 e. The van der Waals surface area contributed by atoms with Gasteiger partial charge in [0.2, 0.25) is 5.75 Å². The molecule has 0 aliphatic carbocycles. The molecule has 0 aromatic heterocycles. The highest BCUT2D eigenvalue weighted by atomic mass is 16.6.